The minimum atomic E-state index is -0.838. The molecule has 0 N–H and O–H groups in total. The Kier molecular flexibility index (Phi) is 7.37. The molecule has 3 heteroatoms. The Hall–Kier alpha value is -3.64. The van der Waals surface area contributed by atoms with E-state index in [-0.39, 0.29) is 5.39 Å². The van der Waals surface area contributed by atoms with Gasteiger partial charge in [-0.25, -0.2) is 8.78 Å². The molecule has 4 aromatic carbocycles. The number of hydrogen-bond acceptors (Lipinski definition) is 1. The number of aryl methyl sites for hydroxylation is 2. The summed E-state index contributed by atoms with van der Waals surface area (Å²) in [5.41, 5.74) is 4.22. The van der Waals surface area contributed by atoms with Crippen LogP contribution in [0.5, 0.6) is 5.75 Å². The van der Waals surface area contributed by atoms with Crippen molar-refractivity contribution in [2.45, 2.75) is 32.6 Å². The van der Waals surface area contributed by atoms with Crippen molar-refractivity contribution < 1.29 is 13.5 Å². The molecule has 166 valence electrons. The Labute approximate surface area is 194 Å². The van der Waals surface area contributed by atoms with Gasteiger partial charge in [0, 0.05) is 16.5 Å². The van der Waals surface area contributed by atoms with Crippen LogP contribution in [0.1, 0.15) is 42.0 Å². The van der Waals surface area contributed by atoms with Crippen molar-refractivity contribution >= 4 is 10.8 Å². The summed E-state index contributed by atoms with van der Waals surface area (Å²) in [4.78, 5) is 0. The minimum Gasteiger partial charge on any atom is -0.494 e. The molecule has 0 saturated carbocycles. The van der Waals surface area contributed by atoms with E-state index in [1.165, 1.54) is 11.1 Å². The summed E-state index contributed by atoms with van der Waals surface area (Å²) in [5, 5.41) is 0.903. The van der Waals surface area contributed by atoms with E-state index in [0.29, 0.717) is 5.39 Å². The Balaban J connectivity index is 1.35. The first-order chi connectivity index (χ1) is 16.1. The molecule has 33 heavy (non-hydrogen) atoms. The molecule has 0 aliphatic rings. The van der Waals surface area contributed by atoms with Crippen LogP contribution in [-0.4, -0.2) is 6.61 Å². The molecule has 0 aromatic heterocycles. The van der Waals surface area contributed by atoms with Gasteiger partial charge < -0.3 is 4.74 Å². The molecule has 0 saturated heterocycles. The molecule has 0 amide bonds. The lowest BCUT2D eigenvalue weighted by Gasteiger charge is -2.07. The second kappa shape index (κ2) is 10.8. The monoisotopic (exact) mass is 440 g/mol. The van der Waals surface area contributed by atoms with Crippen molar-refractivity contribution in [3.8, 4) is 17.6 Å². The molecular formula is C30H26F2O. The summed E-state index contributed by atoms with van der Waals surface area (Å²) in [6.07, 6.45) is 4.13. The van der Waals surface area contributed by atoms with E-state index in [4.69, 9.17) is 4.74 Å². The summed E-state index contributed by atoms with van der Waals surface area (Å²) in [7, 11) is 0. The van der Waals surface area contributed by atoms with Gasteiger partial charge in [-0.3, -0.25) is 0 Å². The van der Waals surface area contributed by atoms with Crippen LogP contribution in [0.3, 0.4) is 0 Å². The maximum Gasteiger partial charge on any atom is 0.166 e. The number of rotatable bonds is 7. The molecule has 0 atom stereocenters. The van der Waals surface area contributed by atoms with Crippen molar-refractivity contribution in [1.82, 2.24) is 0 Å². The van der Waals surface area contributed by atoms with Gasteiger partial charge in [0.1, 0.15) is 5.75 Å². The Bertz CT molecular complexity index is 1280. The molecule has 1 nitrogen and oxygen atoms in total. The fourth-order valence-corrected chi connectivity index (χ4v) is 3.62. The molecular weight excluding hydrogens is 414 g/mol. The lowest BCUT2D eigenvalue weighted by Crippen LogP contribution is -1.97. The summed E-state index contributed by atoms with van der Waals surface area (Å²) in [5.74, 6) is 5.53. The van der Waals surface area contributed by atoms with E-state index in [2.05, 4.69) is 43.0 Å². The lowest BCUT2D eigenvalue weighted by atomic mass is 10.0. The highest BCUT2D eigenvalue weighted by atomic mass is 19.2. The van der Waals surface area contributed by atoms with Crippen LogP contribution in [0.15, 0.2) is 78.9 Å². The molecule has 0 unspecified atom stereocenters. The number of unbranched alkanes of at least 4 members (excludes halogenated alkanes) is 1. The summed E-state index contributed by atoms with van der Waals surface area (Å²) < 4.78 is 32.9. The smallest absolute Gasteiger partial charge is 0.166 e. The van der Waals surface area contributed by atoms with Crippen molar-refractivity contribution in [1.29, 1.82) is 0 Å². The zero-order valence-corrected chi connectivity index (χ0v) is 18.7. The van der Waals surface area contributed by atoms with Gasteiger partial charge in [-0.1, -0.05) is 61.6 Å². The topological polar surface area (TPSA) is 9.23 Å². The molecule has 0 spiro atoms. The standard InChI is InChI=1S/C30H26F2O/c1-2-3-20-33-27-16-12-24(13-17-27)9-8-22-4-6-23(7-5-22)10-11-25-14-18-28-26(21-25)15-19-29(31)30(28)32/h4-7,12-19,21H,2-3,8-9,20H2,1H3. The van der Waals surface area contributed by atoms with Crippen LogP contribution in [-0.2, 0) is 12.8 Å². The molecule has 0 fully saturated rings. The van der Waals surface area contributed by atoms with Crippen LogP contribution < -0.4 is 4.74 Å². The third-order valence-electron chi connectivity index (χ3n) is 5.60. The molecule has 0 bridgehead atoms. The van der Waals surface area contributed by atoms with Crippen molar-refractivity contribution in [3.63, 3.8) is 0 Å². The quantitative estimate of drug-likeness (QED) is 0.214. The van der Waals surface area contributed by atoms with Crippen molar-refractivity contribution in [2.24, 2.45) is 0 Å². The van der Waals surface area contributed by atoms with Crippen LogP contribution in [0.2, 0.25) is 0 Å². The van der Waals surface area contributed by atoms with E-state index in [0.717, 1.165) is 55.2 Å². The maximum atomic E-state index is 13.8. The average Bonchev–Trinajstić information content (AvgIpc) is 2.85. The zero-order valence-electron chi connectivity index (χ0n) is 18.7. The summed E-state index contributed by atoms with van der Waals surface area (Å²) >= 11 is 0. The molecule has 0 radical (unpaired) electrons. The largest absolute Gasteiger partial charge is 0.494 e. The number of ether oxygens (including phenoxy) is 1. The molecule has 0 aliphatic carbocycles. The number of fused-ring (bicyclic) bond motifs is 1. The van der Waals surface area contributed by atoms with Gasteiger partial charge >= 0.3 is 0 Å². The second-order valence-corrected chi connectivity index (χ2v) is 8.09. The second-order valence-electron chi connectivity index (χ2n) is 8.09. The van der Waals surface area contributed by atoms with E-state index < -0.39 is 11.6 Å². The average molecular weight is 441 g/mol. The lowest BCUT2D eigenvalue weighted by molar-refractivity contribution is 0.309. The van der Waals surface area contributed by atoms with Crippen LogP contribution in [0, 0.1) is 23.5 Å². The molecule has 4 rings (SSSR count). The summed E-state index contributed by atoms with van der Waals surface area (Å²) in [6.45, 7) is 2.92. The first-order valence-electron chi connectivity index (χ1n) is 11.3. The fraction of sp³-hybridized carbons (Fsp3) is 0.200. The van der Waals surface area contributed by atoms with Crippen LogP contribution in [0.25, 0.3) is 10.8 Å². The van der Waals surface area contributed by atoms with Gasteiger partial charge in [0.15, 0.2) is 11.6 Å². The van der Waals surface area contributed by atoms with Crippen molar-refractivity contribution in [3.05, 3.63) is 113 Å². The van der Waals surface area contributed by atoms with E-state index in [1.54, 1.807) is 24.3 Å². The van der Waals surface area contributed by atoms with Gasteiger partial charge in [-0.05, 0) is 78.2 Å². The van der Waals surface area contributed by atoms with Crippen LogP contribution in [0.4, 0.5) is 8.78 Å². The Morgan fingerprint density at radius 2 is 1.36 bits per heavy atom. The highest BCUT2D eigenvalue weighted by molar-refractivity contribution is 5.84. The van der Waals surface area contributed by atoms with Gasteiger partial charge in [0.25, 0.3) is 0 Å². The SMILES string of the molecule is CCCCOc1ccc(CCc2ccc(C#Cc3ccc4c(F)c(F)ccc4c3)cc2)cc1. The predicted octanol–water partition coefficient (Wildman–Crippen LogP) is 7.48. The molecule has 0 aliphatic heterocycles. The third kappa shape index (κ3) is 5.99. The first kappa shape index (κ1) is 22.6. The van der Waals surface area contributed by atoms with Gasteiger partial charge in [0.05, 0.1) is 6.61 Å². The van der Waals surface area contributed by atoms with E-state index in [1.807, 2.05) is 24.3 Å². The predicted molar refractivity (Wildman–Crippen MR) is 131 cm³/mol. The van der Waals surface area contributed by atoms with Gasteiger partial charge in [-0.15, -0.1) is 0 Å². The highest BCUT2D eigenvalue weighted by Gasteiger charge is 2.06. The summed E-state index contributed by atoms with van der Waals surface area (Å²) in [6, 6.07) is 24.4. The molecule has 4 aromatic rings. The Morgan fingerprint density at radius 1 is 0.727 bits per heavy atom. The van der Waals surface area contributed by atoms with Crippen molar-refractivity contribution in [2.75, 3.05) is 6.61 Å². The minimum absolute atomic E-state index is 0.267. The third-order valence-corrected chi connectivity index (χ3v) is 5.60. The van der Waals surface area contributed by atoms with Crippen LogP contribution >= 0.6 is 0 Å². The normalized spacial score (nSPS) is 10.6. The van der Waals surface area contributed by atoms with Gasteiger partial charge in [0.2, 0.25) is 0 Å². The Morgan fingerprint density at radius 3 is 2.06 bits per heavy atom. The zero-order chi connectivity index (χ0) is 23.0. The van der Waals surface area contributed by atoms with E-state index in [9.17, 15) is 8.78 Å². The number of hydrogen-bond donors (Lipinski definition) is 0. The number of halogens is 2. The first-order valence-corrected chi connectivity index (χ1v) is 11.3. The molecule has 0 heterocycles. The number of benzene rings is 4. The van der Waals surface area contributed by atoms with E-state index >= 15 is 0 Å². The highest BCUT2D eigenvalue weighted by Crippen LogP contribution is 2.21. The maximum absolute atomic E-state index is 13.8. The fourth-order valence-electron chi connectivity index (χ4n) is 3.62. The van der Waals surface area contributed by atoms with Gasteiger partial charge in [-0.2, -0.15) is 0 Å².